The molecular formula is C14H26N2O2. The second kappa shape index (κ2) is 5.17. The highest BCUT2D eigenvalue weighted by molar-refractivity contribution is 5.79. The van der Waals surface area contributed by atoms with Crippen molar-refractivity contribution in [2.45, 2.75) is 51.1 Å². The first kappa shape index (κ1) is 13.8. The maximum atomic E-state index is 11.4. The third kappa shape index (κ3) is 2.41. The van der Waals surface area contributed by atoms with Crippen LogP contribution in [0, 0.1) is 11.8 Å². The van der Waals surface area contributed by atoms with E-state index in [1.54, 1.807) is 7.05 Å². The Balaban J connectivity index is 1.96. The zero-order chi connectivity index (χ0) is 13.3. The van der Waals surface area contributed by atoms with E-state index in [0.29, 0.717) is 6.04 Å². The molecule has 4 heteroatoms. The first-order chi connectivity index (χ1) is 8.48. The second-order valence-corrected chi connectivity index (χ2v) is 6.32. The number of hydrogen-bond donors (Lipinski definition) is 2. The van der Waals surface area contributed by atoms with Crippen LogP contribution < -0.4 is 5.32 Å². The predicted molar refractivity (Wildman–Crippen MR) is 71.6 cm³/mol. The Morgan fingerprint density at radius 2 is 2.17 bits per heavy atom. The van der Waals surface area contributed by atoms with E-state index in [0.717, 1.165) is 44.2 Å². The summed E-state index contributed by atoms with van der Waals surface area (Å²) in [6.45, 7) is 6.88. The van der Waals surface area contributed by atoms with Gasteiger partial charge in [0.25, 0.3) is 0 Å². The van der Waals surface area contributed by atoms with Gasteiger partial charge in [-0.3, -0.25) is 4.79 Å². The van der Waals surface area contributed by atoms with Gasteiger partial charge in [-0.2, -0.15) is 0 Å². The number of carboxylic acids is 1. The van der Waals surface area contributed by atoms with E-state index < -0.39 is 11.5 Å². The summed E-state index contributed by atoms with van der Waals surface area (Å²) in [5, 5.41) is 12.4. The molecule has 18 heavy (non-hydrogen) atoms. The first-order valence-corrected chi connectivity index (χ1v) is 7.15. The average molecular weight is 254 g/mol. The monoisotopic (exact) mass is 254 g/mol. The Labute approximate surface area is 110 Å². The SMILES string of the molecule is CNC1(C(=O)O)CCC(N2CCC(C(C)C)C2)C1. The van der Waals surface area contributed by atoms with E-state index in [1.807, 2.05) is 0 Å². The number of carbonyl (C=O) groups is 1. The molecule has 1 aliphatic carbocycles. The molecule has 0 spiro atoms. The Morgan fingerprint density at radius 3 is 2.61 bits per heavy atom. The minimum Gasteiger partial charge on any atom is -0.480 e. The summed E-state index contributed by atoms with van der Waals surface area (Å²) >= 11 is 0. The van der Waals surface area contributed by atoms with E-state index in [-0.39, 0.29) is 0 Å². The largest absolute Gasteiger partial charge is 0.480 e. The van der Waals surface area contributed by atoms with Gasteiger partial charge in [0.05, 0.1) is 0 Å². The van der Waals surface area contributed by atoms with Crippen LogP contribution in [0.15, 0.2) is 0 Å². The molecule has 2 aliphatic rings. The average Bonchev–Trinajstić information content (AvgIpc) is 2.96. The van der Waals surface area contributed by atoms with Crippen molar-refractivity contribution in [1.82, 2.24) is 10.2 Å². The van der Waals surface area contributed by atoms with Crippen LogP contribution in [0.25, 0.3) is 0 Å². The molecule has 0 amide bonds. The molecule has 0 aromatic heterocycles. The molecule has 1 saturated heterocycles. The summed E-state index contributed by atoms with van der Waals surface area (Å²) in [6.07, 6.45) is 3.79. The van der Waals surface area contributed by atoms with Crippen molar-refractivity contribution in [3.05, 3.63) is 0 Å². The van der Waals surface area contributed by atoms with Gasteiger partial charge in [0.1, 0.15) is 5.54 Å². The van der Waals surface area contributed by atoms with Crippen LogP contribution in [0.2, 0.25) is 0 Å². The number of aliphatic carboxylic acids is 1. The fourth-order valence-corrected chi connectivity index (χ4v) is 3.55. The number of nitrogens with zero attached hydrogens (tertiary/aromatic N) is 1. The van der Waals surface area contributed by atoms with Crippen LogP contribution in [0.3, 0.4) is 0 Å². The topological polar surface area (TPSA) is 52.6 Å². The molecule has 0 radical (unpaired) electrons. The third-order valence-corrected chi connectivity index (χ3v) is 5.09. The van der Waals surface area contributed by atoms with Gasteiger partial charge in [-0.15, -0.1) is 0 Å². The molecule has 4 nitrogen and oxygen atoms in total. The fourth-order valence-electron chi connectivity index (χ4n) is 3.55. The number of likely N-dealkylation sites (N-methyl/N-ethyl adjacent to an activating group) is 1. The van der Waals surface area contributed by atoms with Crippen molar-refractivity contribution in [1.29, 1.82) is 0 Å². The zero-order valence-corrected chi connectivity index (χ0v) is 11.8. The van der Waals surface area contributed by atoms with Gasteiger partial charge in [-0.25, -0.2) is 0 Å². The lowest BCUT2D eigenvalue weighted by molar-refractivity contribution is -0.144. The van der Waals surface area contributed by atoms with Crippen molar-refractivity contribution in [2.24, 2.45) is 11.8 Å². The van der Waals surface area contributed by atoms with E-state index in [2.05, 4.69) is 24.1 Å². The molecule has 2 rings (SSSR count). The normalized spacial score (nSPS) is 37.6. The summed E-state index contributed by atoms with van der Waals surface area (Å²) in [4.78, 5) is 13.9. The molecule has 0 bridgehead atoms. The van der Waals surface area contributed by atoms with Crippen molar-refractivity contribution in [3.63, 3.8) is 0 Å². The molecule has 3 atom stereocenters. The molecule has 2 fully saturated rings. The van der Waals surface area contributed by atoms with E-state index in [1.165, 1.54) is 6.42 Å². The number of carboxylic acid groups (broad SMARTS) is 1. The molecule has 0 aromatic rings. The van der Waals surface area contributed by atoms with Crippen LogP contribution in [0.5, 0.6) is 0 Å². The van der Waals surface area contributed by atoms with Gasteiger partial charge in [-0.1, -0.05) is 13.8 Å². The minimum absolute atomic E-state index is 0.456. The highest BCUT2D eigenvalue weighted by Gasteiger charge is 2.46. The van der Waals surface area contributed by atoms with Gasteiger partial charge in [0, 0.05) is 12.6 Å². The predicted octanol–water partition coefficient (Wildman–Crippen LogP) is 1.56. The van der Waals surface area contributed by atoms with Crippen molar-refractivity contribution < 1.29 is 9.90 Å². The maximum absolute atomic E-state index is 11.4. The molecule has 104 valence electrons. The number of rotatable bonds is 4. The van der Waals surface area contributed by atoms with Gasteiger partial charge in [0.15, 0.2) is 0 Å². The summed E-state index contributed by atoms with van der Waals surface area (Å²) in [6, 6.07) is 0.456. The van der Waals surface area contributed by atoms with Crippen molar-refractivity contribution >= 4 is 5.97 Å². The lowest BCUT2D eigenvalue weighted by Crippen LogP contribution is -2.49. The van der Waals surface area contributed by atoms with Crippen LogP contribution in [0.4, 0.5) is 0 Å². The second-order valence-electron chi connectivity index (χ2n) is 6.32. The van der Waals surface area contributed by atoms with Crippen LogP contribution in [-0.4, -0.2) is 47.7 Å². The van der Waals surface area contributed by atoms with Crippen LogP contribution in [-0.2, 0) is 4.79 Å². The van der Waals surface area contributed by atoms with Crippen molar-refractivity contribution in [3.8, 4) is 0 Å². The third-order valence-electron chi connectivity index (χ3n) is 5.09. The smallest absolute Gasteiger partial charge is 0.323 e. The Morgan fingerprint density at radius 1 is 1.44 bits per heavy atom. The Bertz CT molecular complexity index is 319. The zero-order valence-electron chi connectivity index (χ0n) is 11.8. The van der Waals surface area contributed by atoms with E-state index >= 15 is 0 Å². The van der Waals surface area contributed by atoms with Gasteiger partial charge in [-0.05, 0) is 51.1 Å². The molecule has 2 N–H and O–H groups in total. The highest BCUT2D eigenvalue weighted by atomic mass is 16.4. The Hall–Kier alpha value is -0.610. The molecule has 1 heterocycles. The van der Waals surface area contributed by atoms with Gasteiger partial charge >= 0.3 is 5.97 Å². The summed E-state index contributed by atoms with van der Waals surface area (Å²) in [5.41, 5.74) is -0.680. The fraction of sp³-hybridized carbons (Fsp3) is 0.929. The molecule has 1 saturated carbocycles. The lowest BCUT2D eigenvalue weighted by Gasteiger charge is -2.28. The Kier molecular flexibility index (Phi) is 3.97. The van der Waals surface area contributed by atoms with E-state index in [4.69, 9.17) is 0 Å². The molecule has 3 unspecified atom stereocenters. The quantitative estimate of drug-likeness (QED) is 0.799. The first-order valence-electron chi connectivity index (χ1n) is 7.15. The van der Waals surface area contributed by atoms with Crippen LogP contribution in [0.1, 0.15) is 39.5 Å². The standard InChI is InChI=1S/C14H26N2O2/c1-10(2)11-5-7-16(9-11)12-4-6-14(8-12,15-3)13(17)18/h10-12,15H,4-9H2,1-3H3,(H,17,18). The summed E-state index contributed by atoms with van der Waals surface area (Å²) in [5.74, 6) is 0.844. The van der Waals surface area contributed by atoms with Crippen molar-refractivity contribution in [2.75, 3.05) is 20.1 Å². The summed E-state index contributed by atoms with van der Waals surface area (Å²) < 4.78 is 0. The molecular weight excluding hydrogens is 228 g/mol. The number of hydrogen-bond acceptors (Lipinski definition) is 3. The minimum atomic E-state index is -0.688. The van der Waals surface area contributed by atoms with Crippen LogP contribution >= 0.6 is 0 Å². The maximum Gasteiger partial charge on any atom is 0.323 e. The van der Waals surface area contributed by atoms with E-state index in [9.17, 15) is 9.90 Å². The van der Waals surface area contributed by atoms with Gasteiger partial charge in [0.2, 0.25) is 0 Å². The van der Waals surface area contributed by atoms with Gasteiger partial charge < -0.3 is 15.3 Å². The lowest BCUT2D eigenvalue weighted by atomic mass is 9.95. The number of likely N-dealkylation sites (tertiary alicyclic amines) is 1. The number of nitrogens with one attached hydrogen (secondary N) is 1. The molecule has 0 aromatic carbocycles. The summed E-state index contributed by atoms with van der Waals surface area (Å²) in [7, 11) is 1.78. The molecule has 1 aliphatic heterocycles. The highest BCUT2D eigenvalue weighted by Crippen LogP contribution is 2.36.